The summed E-state index contributed by atoms with van der Waals surface area (Å²) in [6, 6.07) is 7.11. The number of rotatable bonds is 13. The molecule has 3 aromatic rings. The van der Waals surface area contributed by atoms with Gasteiger partial charge in [-0.1, -0.05) is 13.8 Å². The highest BCUT2D eigenvalue weighted by atomic mass is 16.5. The number of nitrogens with one attached hydrogen (secondary N) is 1. The van der Waals surface area contributed by atoms with E-state index in [2.05, 4.69) is 25.4 Å². The average molecular weight is 487 g/mol. The normalized spacial score (nSPS) is 12.4. The first kappa shape index (κ1) is 26.3. The van der Waals surface area contributed by atoms with Gasteiger partial charge in [-0.3, -0.25) is 14.5 Å². The lowest BCUT2D eigenvalue weighted by Gasteiger charge is -2.33. The molecule has 2 heterocycles. The molecule has 35 heavy (non-hydrogen) atoms. The molecule has 11 nitrogen and oxygen atoms in total. The maximum Gasteiger partial charge on any atom is 0.327 e. The molecule has 1 aromatic carbocycles. The van der Waals surface area contributed by atoms with Crippen molar-refractivity contribution in [3.8, 4) is 5.75 Å². The van der Waals surface area contributed by atoms with Gasteiger partial charge in [0.15, 0.2) is 5.82 Å². The maximum absolute atomic E-state index is 12.9. The van der Waals surface area contributed by atoms with E-state index in [1.807, 2.05) is 45.0 Å². The fourth-order valence-corrected chi connectivity index (χ4v) is 4.16. The average Bonchev–Trinajstić information content (AvgIpc) is 3.25. The Morgan fingerprint density at radius 1 is 1.23 bits per heavy atom. The minimum atomic E-state index is -0.429. The zero-order valence-corrected chi connectivity index (χ0v) is 20.7. The zero-order valence-electron chi connectivity index (χ0n) is 20.7. The number of H-pyrrole nitrogens is 1. The number of carbonyl (C=O) groups excluding carboxylic acids is 1. The number of aliphatic hydroxyl groups is 1. The van der Waals surface area contributed by atoms with Crippen molar-refractivity contribution < 1.29 is 19.4 Å². The first-order valence-electron chi connectivity index (χ1n) is 11.9. The van der Waals surface area contributed by atoms with E-state index in [4.69, 9.17) is 9.47 Å². The van der Waals surface area contributed by atoms with Gasteiger partial charge in [0.2, 0.25) is 0 Å². The second-order valence-corrected chi connectivity index (χ2v) is 8.54. The van der Waals surface area contributed by atoms with Crippen molar-refractivity contribution in [3.63, 3.8) is 0 Å². The van der Waals surface area contributed by atoms with Gasteiger partial charge in [-0.25, -0.2) is 4.68 Å². The van der Waals surface area contributed by atoms with E-state index in [0.29, 0.717) is 37.5 Å². The minimum Gasteiger partial charge on any atom is -0.494 e. The predicted molar refractivity (Wildman–Crippen MR) is 130 cm³/mol. The van der Waals surface area contributed by atoms with Gasteiger partial charge >= 0.3 is 5.97 Å². The lowest BCUT2D eigenvalue weighted by molar-refractivity contribution is -0.144. The van der Waals surface area contributed by atoms with Gasteiger partial charge in [-0.2, -0.15) is 0 Å². The van der Waals surface area contributed by atoms with Crippen LogP contribution in [0.15, 0.2) is 29.1 Å². The molecule has 0 spiro atoms. The van der Waals surface area contributed by atoms with Gasteiger partial charge in [0.1, 0.15) is 12.3 Å². The van der Waals surface area contributed by atoms with Crippen LogP contribution in [0.25, 0.3) is 10.9 Å². The molecule has 1 atom stereocenters. The van der Waals surface area contributed by atoms with Gasteiger partial charge in [0.05, 0.1) is 19.3 Å². The molecule has 190 valence electrons. The van der Waals surface area contributed by atoms with E-state index in [9.17, 15) is 14.7 Å². The molecule has 0 bridgehead atoms. The third-order valence-electron chi connectivity index (χ3n) is 5.61. The number of fused-ring (bicyclic) bond motifs is 1. The molecule has 0 amide bonds. The molecule has 0 saturated heterocycles. The van der Waals surface area contributed by atoms with E-state index >= 15 is 0 Å². The Kier molecular flexibility index (Phi) is 9.32. The summed E-state index contributed by atoms with van der Waals surface area (Å²) in [6.45, 7) is 9.23. The fraction of sp³-hybridized carbons (Fsp3) is 0.542. The first-order chi connectivity index (χ1) is 16.9. The van der Waals surface area contributed by atoms with E-state index in [1.165, 1.54) is 4.68 Å². The molecule has 0 aliphatic carbocycles. The van der Waals surface area contributed by atoms with Crippen molar-refractivity contribution in [3.05, 3.63) is 46.0 Å². The monoisotopic (exact) mass is 486 g/mol. The number of benzene rings is 1. The van der Waals surface area contributed by atoms with E-state index in [1.54, 1.807) is 6.92 Å². The number of esters is 1. The number of ether oxygens (including phenoxy) is 2. The SMILES string of the molecule is CCOC(=O)Cn1nnnc1C(C(C)C)N(CCCO)Cc1cc2cc(OCC)ccc2[nH]c1=O. The molecule has 2 N–H and O–H groups in total. The lowest BCUT2D eigenvalue weighted by Crippen LogP contribution is -2.37. The molecule has 0 saturated carbocycles. The van der Waals surface area contributed by atoms with Crippen molar-refractivity contribution in [1.29, 1.82) is 0 Å². The maximum atomic E-state index is 12.9. The van der Waals surface area contributed by atoms with Gasteiger partial charge in [0.25, 0.3) is 5.56 Å². The molecule has 0 radical (unpaired) electrons. The second kappa shape index (κ2) is 12.4. The number of tetrazole rings is 1. The van der Waals surface area contributed by atoms with Crippen LogP contribution in [0.2, 0.25) is 0 Å². The minimum absolute atomic E-state index is 0.000869. The van der Waals surface area contributed by atoms with Crippen LogP contribution in [0.4, 0.5) is 0 Å². The summed E-state index contributed by atoms with van der Waals surface area (Å²) in [4.78, 5) is 30.1. The number of aromatic nitrogens is 5. The van der Waals surface area contributed by atoms with Crippen LogP contribution in [0, 0.1) is 5.92 Å². The van der Waals surface area contributed by atoms with Crippen LogP contribution in [0.5, 0.6) is 5.75 Å². The van der Waals surface area contributed by atoms with Gasteiger partial charge in [-0.15, -0.1) is 5.10 Å². The second-order valence-electron chi connectivity index (χ2n) is 8.54. The Hall–Kier alpha value is -3.31. The van der Waals surface area contributed by atoms with Crippen LogP contribution < -0.4 is 10.3 Å². The van der Waals surface area contributed by atoms with E-state index in [-0.39, 0.29) is 37.3 Å². The summed E-state index contributed by atoms with van der Waals surface area (Å²) in [5.74, 6) is 0.849. The Labute approximate surface area is 204 Å². The zero-order chi connectivity index (χ0) is 25.4. The third kappa shape index (κ3) is 6.64. The Balaban J connectivity index is 1.97. The number of aliphatic hydroxyl groups excluding tert-OH is 1. The summed E-state index contributed by atoms with van der Waals surface area (Å²) in [6.07, 6.45) is 0.503. The van der Waals surface area contributed by atoms with Gasteiger partial charge in [-0.05, 0) is 60.9 Å². The van der Waals surface area contributed by atoms with Crippen molar-refractivity contribution in [1.82, 2.24) is 30.1 Å². The smallest absolute Gasteiger partial charge is 0.327 e. The third-order valence-corrected chi connectivity index (χ3v) is 5.61. The lowest BCUT2D eigenvalue weighted by atomic mass is 10.00. The Morgan fingerprint density at radius 2 is 2.03 bits per heavy atom. The summed E-state index contributed by atoms with van der Waals surface area (Å²) < 4.78 is 12.1. The van der Waals surface area contributed by atoms with Crippen molar-refractivity contribution in [2.45, 2.75) is 53.2 Å². The molecule has 11 heteroatoms. The highest BCUT2D eigenvalue weighted by Gasteiger charge is 2.30. The van der Waals surface area contributed by atoms with Crippen molar-refractivity contribution in [2.24, 2.45) is 5.92 Å². The summed E-state index contributed by atoms with van der Waals surface area (Å²) in [5.41, 5.74) is 1.10. The molecule has 0 fully saturated rings. The summed E-state index contributed by atoms with van der Waals surface area (Å²) >= 11 is 0. The summed E-state index contributed by atoms with van der Waals surface area (Å²) in [7, 11) is 0. The highest BCUT2D eigenvalue weighted by Crippen LogP contribution is 2.29. The number of pyridine rings is 1. The number of nitrogens with zero attached hydrogens (tertiary/aromatic N) is 5. The molecule has 0 aliphatic heterocycles. The van der Waals surface area contributed by atoms with E-state index in [0.717, 1.165) is 16.7 Å². The van der Waals surface area contributed by atoms with Crippen LogP contribution in [0.3, 0.4) is 0 Å². The topological polar surface area (TPSA) is 135 Å². The van der Waals surface area contributed by atoms with Gasteiger partial charge < -0.3 is 19.6 Å². The Morgan fingerprint density at radius 3 is 2.71 bits per heavy atom. The highest BCUT2D eigenvalue weighted by molar-refractivity contribution is 5.80. The summed E-state index contributed by atoms with van der Waals surface area (Å²) in [5, 5.41) is 22.4. The largest absolute Gasteiger partial charge is 0.494 e. The van der Waals surface area contributed by atoms with Crippen molar-refractivity contribution in [2.75, 3.05) is 26.4 Å². The fourth-order valence-electron chi connectivity index (χ4n) is 4.16. The standard InChI is InChI=1S/C24H34N6O5/c1-5-34-19-8-9-20-17(13-19)12-18(24(33)25-20)14-29(10-7-11-31)22(16(3)4)23-26-27-28-30(23)15-21(32)35-6-2/h8-9,12-13,16,22,31H,5-7,10-11,14-15H2,1-4H3,(H,25,33). The number of aromatic amines is 1. The van der Waals surface area contributed by atoms with Crippen molar-refractivity contribution >= 4 is 16.9 Å². The van der Waals surface area contributed by atoms with E-state index < -0.39 is 5.97 Å². The van der Waals surface area contributed by atoms with Crippen LogP contribution in [-0.2, 0) is 22.6 Å². The van der Waals surface area contributed by atoms with Crippen LogP contribution >= 0.6 is 0 Å². The van der Waals surface area contributed by atoms with Gasteiger partial charge in [0, 0.05) is 36.2 Å². The quantitative estimate of drug-likeness (QED) is 0.348. The molecule has 3 rings (SSSR count). The van der Waals surface area contributed by atoms with Crippen LogP contribution in [-0.4, -0.2) is 67.5 Å². The predicted octanol–water partition coefficient (Wildman–Crippen LogP) is 2.06. The molecule has 1 unspecified atom stereocenters. The number of hydrogen-bond donors (Lipinski definition) is 2. The molecule has 0 aliphatic rings. The molecular weight excluding hydrogens is 452 g/mol. The number of carbonyl (C=O) groups is 1. The molecular formula is C24H34N6O5. The number of hydrogen-bond acceptors (Lipinski definition) is 9. The first-order valence-corrected chi connectivity index (χ1v) is 11.9. The van der Waals surface area contributed by atoms with Crippen LogP contribution in [0.1, 0.15) is 51.5 Å². The molecule has 2 aromatic heterocycles. The Bertz CT molecular complexity index is 1170.